The second kappa shape index (κ2) is 11.3. The van der Waals surface area contributed by atoms with E-state index in [1.165, 1.54) is 44.1 Å². The summed E-state index contributed by atoms with van der Waals surface area (Å²) < 4.78 is 0. The fraction of sp³-hybridized carbons (Fsp3) is 0.600. The summed E-state index contributed by atoms with van der Waals surface area (Å²) in [4.78, 5) is 0. The van der Waals surface area contributed by atoms with Crippen LogP contribution in [0.5, 0.6) is 0 Å². The van der Waals surface area contributed by atoms with Crippen LogP contribution < -0.4 is 0 Å². The van der Waals surface area contributed by atoms with E-state index < -0.39 is 0 Å². The van der Waals surface area contributed by atoms with Crippen molar-refractivity contribution in [2.24, 2.45) is 0 Å². The molecule has 0 aliphatic carbocycles. The monoisotopic (exact) mass is 206 g/mol. The molecule has 0 heterocycles. The molecule has 0 aromatic heterocycles. The smallest absolute Gasteiger partial charge is 0.0282 e. The summed E-state index contributed by atoms with van der Waals surface area (Å²) in [6.45, 7) is 6.43. The van der Waals surface area contributed by atoms with Crippen molar-refractivity contribution in [1.29, 1.82) is 0 Å². The van der Waals surface area contributed by atoms with E-state index in [0.29, 0.717) is 0 Å². The number of unbranched alkanes of at least 4 members (excludes halogenated alkanes) is 4. The molecule has 86 valence electrons. The van der Waals surface area contributed by atoms with Crippen LogP contribution in [0, 0.1) is 0 Å². The predicted molar refractivity (Wildman–Crippen MR) is 71.1 cm³/mol. The molecule has 0 aliphatic heterocycles. The van der Waals surface area contributed by atoms with Gasteiger partial charge in [-0.05, 0) is 26.7 Å². The first kappa shape index (κ1) is 14.2. The molecule has 0 aromatic rings. The molecule has 0 aromatic carbocycles. The van der Waals surface area contributed by atoms with Gasteiger partial charge in [-0.2, -0.15) is 0 Å². The lowest BCUT2D eigenvalue weighted by Crippen LogP contribution is -1.81. The van der Waals surface area contributed by atoms with Crippen molar-refractivity contribution in [1.82, 2.24) is 0 Å². The quantitative estimate of drug-likeness (QED) is 0.367. The molecule has 0 heteroatoms. The molecule has 0 amide bonds. The maximum absolute atomic E-state index is 2.26. The van der Waals surface area contributed by atoms with Crippen molar-refractivity contribution in [3.05, 3.63) is 36.0 Å². The molecule has 0 N–H and O–H groups in total. The molecule has 0 saturated heterocycles. The van der Waals surface area contributed by atoms with Gasteiger partial charge in [0, 0.05) is 0 Å². The molecular weight excluding hydrogens is 180 g/mol. The van der Waals surface area contributed by atoms with Crippen molar-refractivity contribution >= 4 is 0 Å². The highest BCUT2D eigenvalue weighted by atomic mass is 14.0. The molecule has 0 atom stereocenters. The minimum absolute atomic E-state index is 1.23. The molecule has 0 saturated carbocycles. The Bertz CT molecular complexity index is 206. The Kier molecular flexibility index (Phi) is 10.7. The van der Waals surface area contributed by atoms with E-state index in [1.807, 2.05) is 6.92 Å². The van der Waals surface area contributed by atoms with Crippen LogP contribution in [0.3, 0.4) is 0 Å². The van der Waals surface area contributed by atoms with E-state index >= 15 is 0 Å². The molecule has 0 spiro atoms. The fourth-order valence-corrected chi connectivity index (χ4v) is 1.55. The molecule has 0 unspecified atom stereocenters. The zero-order chi connectivity index (χ0) is 11.4. The molecule has 0 bridgehead atoms. The number of allylic oxidation sites excluding steroid dienone is 6. The summed E-state index contributed by atoms with van der Waals surface area (Å²) >= 11 is 0. The lowest BCUT2D eigenvalue weighted by Gasteiger charge is -2.01. The third-order valence-corrected chi connectivity index (χ3v) is 2.55. The Balaban J connectivity index is 3.63. The third-order valence-electron chi connectivity index (χ3n) is 2.55. The highest BCUT2D eigenvalue weighted by molar-refractivity contribution is 5.21. The minimum Gasteiger partial charge on any atom is -0.0877 e. The Morgan fingerprint density at radius 2 is 1.67 bits per heavy atom. The van der Waals surface area contributed by atoms with Crippen LogP contribution in [0.15, 0.2) is 36.0 Å². The van der Waals surface area contributed by atoms with Crippen LogP contribution in [-0.4, -0.2) is 0 Å². The maximum atomic E-state index is 2.26. The van der Waals surface area contributed by atoms with Crippen molar-refractivity contribution in [2.45, 2.75) is 59.3 Å². The Labute approximate surface area is 95.8 Å². The largest absolute Gasteiger partial charge is 0.0877 e. The topological polar surface area (TPSA) is 0 Å². The van der Waals surface area contributed by atoms with E-state index in [4.69, 9.17) is 0 Å². The van der Waals surface area contributed by atoms with Crippen LogP contribution in [0.1, 0.15) is 59.3 Å². The maximum Gasteiger partial charge on any atom is -0.0282 e. The average molecular weight is 206 g/mol. The summed E-state index contributed by atoms with van der Waals surface area (Å²) in [6.07, 6.45) is 18.8. The van der Waals surface area contributed by atoms with Gasteiger partial charge in [0.2, 0.25) is 0 Å². The van der Waals surface area contributed by atoms with Crippen LogP contribution in [0.2, 0.25) is 0 Å². The lowest BCUT2D eigenvalue weighted by molar-refractivity contribution is 0.633. The molecule has 15 heavy (non-hydrogen) atoms. The normalized spacial score (nSPS) is 13.1. The number of rotatable bonds is 8. The first-order chi connectivity index (χ1) is 7.35. The van der Waals surface area contributed by atoms with Crippen molar-refractivity contribution in [3.63, 3.8) is 0 Å². The highest BCUT2D eigenvalue weighted by Crippen LogP contribution is 2.12. The van der Waals surface area contributed by atoms with E-state index in [2.05, 4.69) is 44.2 Å². The van der Waals surface area contributed by atoms with Crippen LogP contribution in [0.4, 0.5) is 0 Å². The molecule has 0 aliphatic rings. The molecule has 0 fully saturated rings. The summed E-state index contributed by atoms with van der Waals surface area (Å²) in [6, 6.07) is 0. The second-order valence-electron chi connectivity index (χ2n) is 3.91. The highest BCUT2D eigenvalue weighted by Gasteiger charge is 1.92. The molecule has 0 rings (SSSR count). The van der Waals surface area contributed by atoms with E-state index in [9.17, 15) is 0 Å². The summed E-state index contributed by atoms with van der Waals surface area (Å²) in [5.74, 6) is 0. The standard InChI is InChI=1S/C15H26/c1-4-7-9-10-12-14-15(6-3)13-11-8-5-2/h5-6,8,11,13H,4,7,9-10,12,14H2,1-3H3. The van der Waals surface area contributed by atoms with Crippen molar-refractivity contribution in [2.75, 3.05) is 0 Å². The van der Waals surface area contributed by atoms with Crippen LogP contribution in [0.25, 0.3) is 0 Å². The van der Waals surface area contributed by atoms with Crippen LogP contribution >= 0.6 is 0 Å². The second-order valence-corrected chi connectivity index (χ2v) is 3.91. The summed E-state index contributed by atoms with van der Waals surface area (Å²) in [5, 5.41) is 0. The Morgan fingerprint density at radius 1 is 0.933 bits per heavy atom. The third kappa shape index (κ3) is 9.52. The van der Waals surface area contributed by atoms with Gasteiger partial charge in [0.25, 0.3) is 0 Å². The zero-order valence-electron chi connectivity index (χ0n) is 10.6. The summed E-state index contributed by atoms with van der Waals surface area (Å²) in [5.41, 5.74) is 1.46. The van der Waals surface area contributed by atoms with Gasteiger partial charge in [-0.3, -0.25) is 0 Å². The number of hydrogen-bond donors (Lipinski definition) is 0. The Morgan fingerprint density at radius 3 is 2.27 bits per heavy atom. The molecular formula is C15H26. The zero-order valence-corrected chi connectivity index (χ0v) is 10.6. The lowest BCUT2D eigenvalue weighted by atomic mass is 10.1. The predicted octanol–water partition coefficient (Wildman–Crippen LogP) is 5.43. The SMILES string of the molecule is CC=CC=CC(=CC)CCCCCCC. The van der Waals surface area contributed by atoms with Crippen molar-refractivity contribution < 1.29 is 0 Å². The Hall–Kier alpha value is -0.780. The first-order valence-electron chi connectivity index (χ1n) is 6.29. The van der Waals surface area contributed by atoms with Crippen LogP contribution in [-0.2, 0) is 0 Å². The van der Waals surface area contributed by atoms with Gasteiger partial charge in [-0.1, -0.05) is 68.6 Å². The molecule has 0 nitrogen and oxygen atoms in total. The fourth-order valence-electron chi connectivity index (χ4n) is 1.55. The average Bonchev–Trinajstić information content (AvgIpc) is 2.26. The first-order valence-corrected chi connectivity index (χ1v) is 6.29. The van der Waals surface area contributed by atoms with E-state index in [1.54, 1.807) is 0 Å². The van der Waals surface area contributed by atoms with Gasteiger partial charge in [0.15, 0.2) is 0 Å². The molecule has 0 radical (unpaired) electrons. The van der Waals surface area contributed by atoms with Gasteiger partial charge in [0.1, 0.15) is 0 Å². The van der Waals surface area contributed by atoms with E-state index in [0.717, 1.165) is 0 Å². The van der Waals surface area contributed by atoms with Gasteiger partial charge in [-0.15, -0.1) is 0 Å². The van der Waals surface area contributed by atoms with E-state index in [-0.39, 0.29) is 0 Å². The van der Waals surface area contributed by atoms with Gasteiger partial charge in [0.05, 0.1) is 0 Å². The van der Waals surface area contributed by atoms with Gasteiger partial charge < -0.3 is 0 Å². The van der Waals surface area contributed by atoms with Gasteiger partial charge in [-0.25, -0.2) is 0 Å². The van der Waals surface area contributed by atoms with Gasteiger partial charge >= 0.3 is 0 Å². The number of hydrogen-bond acceptors (Lipinski definition) is 0. The minimum atomic E-state index is 1.23. The summed E-state index contributed by atoms with van der Waals surface area (Å²) in [7, 11) is 0. The van der Waals surface area contributed by atoms with Crippen molar-refractivity contribution in [3.8, 4) is 0 Å².